The maximum Gasteiger partial charge on any atom is 0.253 e. The van der Waals surface area contributed by atoms with Crippen molar-refractivity contribution in [3.63, 3.8) is 0 Å². The number of hydrogen-bond donors (Lipinski definition) is 1. The highest BCUT2D eigenvalue weighted by Crippen LogP contribution is 2.29. The predicted octanol–water partition coefficient (Wildman–Crippen LogP) is 1.97. The van der Waals surface area contributed by atoms with Crippen molar-refractivity contribution in [3.8, 4) is 0 Å². The summed E-state index contributed by atoms with van der Waals surface area (Å²) in [7, 11) is -3.09. The van der Waals surface area contributed by atoms with Crippen molar-refractivity contribution < 1.29 is 22.8 Å². The molecule has 1 unspecified atom stereocenters. The molecule has 29 heavy (non-hydrogen) atoms. The number of carbonyl (C=O) groups excluding carboxylic acids is 2. The van der Waals surface area contributed by atoms with Crippen molar-refractivity contribution in [2.75, 3.05) is 18.1 Å². The van der Waals surface area contributed by atoms with Gasteiger partial charge in [0.2, 0.25) is 0 Å². The van der Waals surface area contributed by atoms with Crippen LogP contribution in [0.15, 0.2) is 30.3 Å². The lowest BCUT2D eigenvalue weighted by Crippen LogP contribution is -2.49. The van der Waals surface area contributed by atoms with Gasteiger partial charge in [-0.05, 0) is 38.7 Å². The van der Waals surface area contributed by atoms with Gasteiger partial charge in [-0.15, -0.1) is 0 Å². The Balaban J connectivity index is 1.59. The quantitative estimate of drug-likeness (QED) is 0.678. The van der Waals surface area contributed by atoms with Gasteiger partial charge in [0.1, 0.15) is 0 Å². The average Bonchev–Trinajstić information content (AvgIpc) is 3.32. The molecule has 2 aliphatic rings. The Bertz CT molecular complexity index is 832. The maximum atomic E-state index is 12.9. The fourth-order valence-electron chi connectivity index (χ4n) is 4.23. The fourth-order valence-corrected chi connectivity index (χ4v) is 5.95. The average molecular weight is 423 g/mol. The molecule has 7 nitrogen and oxygen atoms in total. The van der Waals surface area contributed by atoms with Crippen LogP contribution in [0.1, 0.15) is 51.5 Å². The minimum absolute atomic E-state index is 0.0165. The van der Waals surface area contributed by atoms with Gasteiger partial charge in [0.15, 0.2) is 16.4 Å². The Morgan fingerprint density at radius 2 is 1.76 bits per heavy atom. The highest BCUT2D eigenvalue weighted by Gasteiger charge is 2.39. The maximum absolute atomic E-state index is 12.9. The molecule has 1 atom stereocenters. The molecule has 2 amide bonds. The zero-order valence-electron chi connectivity index (χ0n) is 17.1. The molecule has 1 aromatic carbocycles. The largest absolute Gasteiger partial charge is 0.334 e. The van der Waals surface area contributed by atoms with Crippen LogP contribution >= 0.6 is 0 Å². The van der Waals surface area contributed by atoms with Crippen molar-refractivity contribution in [3.05, 3.63) is 35.9 Å². The van der Waals surface area contributed by atoms with E-state index < -0.39 is 15.3 Å². The predicted molar refractivity (Wildman–Crippen MR) is 110 cm³/mol. The number of hydroxylamine groups is 1. The molecular formula is C21H30N2O5S. The molecule has 0 radical (unpaired) electrons. The Kier molecular flexibility index (Phi) is 6.63. The molecule has 160 valence electrons. The number of benzene rings is 1. The number of amides is 2. The Hall–Kier alpha value is -1.93. The molecule has 0 aromatic heterocycles. The van der Waals surface area contributed by atoms with Crippen LogP contribution in [0.2, 0.25) is 0 Å². The summed E-state index contributed by atoms with van der Waals surface area (Å²) >= 11 is 0. The molecule has 1 heterocycles. The van der Waals surface area contributed by atoms with Gasteiger partial charge in [-0.25, -0.2) is 13.9 Å². The second-order valence-electron chi connectivity index (χ2n) is 8.51. The van der Waals surface area contributed by atoms with E-state index in [9.17, 15) is 18.0 Å². The first kappa shape index (κ1) is 21.8. The number of sulfone groups is 1. The van der Waals surface area contributed by atoms with Crippen molar-refractivity contribution in [1.29, 1.82) is 0 Å². The third-order valence-corrected chi connectivity index (χ3v) is 7.78. The highest BCUT2D eigenvalue weighted by molar-refractivity contribution is 7.91. The Morgan fingerprint density at radius 1 is 1.10 bits per heavy atom. The number of nitrogens with one attached hydrogen (secondary N) is 1. The first-order chi connectivity index (χ1) is 13.7. The third kappa shape index (κ3) is 5.17. The van der Waals surface area contributed by atoms with Crippen LogP contribution in [0.25, 0.3) is 0 Å². The molecule has 1 aromatic rings. The van der Waals surface area contributed by atoms with Crippen LogP contribution in [0.3, 0.4) is 0 Å². The number of hydrogen-bond acceptors (Lipinski definition) is 5. The fraction of sp³-hybridized carbons (Fsp3) is 0.619. The van der Waals surface area contributed by atoms with Gasteiger partial charge in [-0.2, -0.15) is 0 Å². The normalized spacial score (nSPS) is 21.8. The van der Waals surface area contributed by atoms with Crippen molar-refractivity contribution in [2.24, 2.45) is 0 Å². The van der Waals surface area contributed by atoms with Crippen LogP contribution in [-0.4, -0.2) is 55.3 Å². The third-order valence-electron chi connectivity index (χ3n) is 6.03. The van der Waals surface area contributed by atoms with Gasteiger partial charge in [-0.3, -0.25) is 14.4 Å². The van der Waals surface area contributed by atoms with Gasteiger partial charge in [-0.1, -0.05) is 43.2 Å². The topological polar surface area (TPSA) is 92.8 Å². The Labute approximate surface area is 172 Å². The molecule has 1 aliphatic carbocycles. The summed E-state index contributed by atoms with van der Waals surface area (Å²) in [4.78, 5) is 32.4. The van der Waals surface area contributed by atoms with Crippen LogP contribution < -0.4 is 5.48 Å². The van der Waals surface area contributed by atoms with Gasteiger partial charge in [0, 0.05) is 12.1 Å². The van der Waals surface area contributed by atoms with Gasteiger partial charge >= 0.3 is 0 Å². The zero-order chi connectivity index (χ0) is 21.1. The first-order valence-electron chi connectivity index (χ1n) is 10.2. The van der Waals surface area contributed by atoms with Gasteiger partial charge in [0.25, 0.3) is 11.8 Å². The number of rotatable bonds is 7. The molecule has 1 saturated carbocycles. The first-order valence-corrected chi connectivity index (χ1v) is 12.0. The molecule has 8 heteroatoms. The molecule has 3 rings (SSSR count). The van der Waals surface area contributed by atoms with E-state index in [1.54, 1.807) is 18.7 Å². The van der Waals surface area contributed by atoms with E-state index in [1.807, 2.05) is 30.3 Å². The summed E-state index contributed by atoms with van der Waals surface area (Å²) in [5.74, 6) is -0.469. The molecular weight excluding hydrogens is 392 g/mol. The summed E-state index contributed by atoms with van der Waals surface area (Å²) in [6.45, 7) is 3.28. The van der Waals surface area contributed by atoms with Gasteiger partial charge < -0.3 is 4.90 Å². The van der Waals surface area contributed by atoms with E-state index in [4.69, 9.17) is 4.84 Å². The SMILES string of the molecule is CC(C)(C(=O)NOCC(=O)N(C1CCCC1)C1CCS(=O)(=O)C1)c1ccccc1. The lowest BCUT2D eigenvalue weighted by Gasteiger charge is -2.34. The van der Waals surface area contributed by atoms with Crippen LogP contribution in [-0.2, 0) is 29.7 Å². The second kappa shape index (κ2) is 8.83. The van der Waals surface area contributed by atoms with Crippen LogP contribution in [0, 0.1) is 0 Å². The summed E-state index contributed by atoms with van der Waals surface area (Å²) in [5.41, 5.74) is 2.43. The number of nitrogens with zero attached hydrogens (tertiary/aromatic N) is 1. The second-order valence-corrected chi connectivity index (χ2v) is 10.7. The number of carbonyl (C=O) groups is 2. The van der Waals surface area contributed by atoms with E-state index in [1.165, 1.54) is 0 Å². The molecule has 0 bridgehead atoms. The monoisotopic (exact) mass is 422 g/mol. The van der Waals surface area contributed by atoms with Crippen LogP contribution in [0.5, 0.6) is 0 Å². The lowest BCUT2D eigenvalue weighted by molar-refractivity contribution is -0.150. The summed E-state index contributed by atoms with van der Waals surface area (Å²) < 4.78 is 23.8. The minimum atomic E-state index is -3.09. The molecule has 0 spiro atoms. The molecule has 1 N–H and O–H groups in total. The van der Waals surface area contributed by atoms with E-state index in [2.05, 4.69) is 5.48 Å². The molecule has 2 fully saturated rings. The van der Waals surface area contributed by atoms with Crippen molar-refractivity contribution in [1.82, 2.24) is 10.4 Å². The minimum Gasteiger partial charge on any atom is -0.334 e. The zero-order valence-corrected chi connectivity index (χ0v) is 17.9. The molecule has 1 aliphatic heterocycles. The van der Waals surface area contributed by atoms with Crippen molar-refractivity contribution >= 4 is 21.7 Å². The summed E-state index contributed by atoms with van der Waals surface area (Å²) in [6, 6.07) is 9.11. The summed E-state index contributed by atoms with van der Waals surface area (Å²) in [6.07, 6.45) is 4.32. The van der Waals surface area contributed by atoms with E-state index in [0.29, 0.717) is 6.42 Å². The Morgan fingerprint density at radius 3 is 2.34 bits per heavy atom. The smallest absolute Gasteiger partial charge is 0.253 e. The molecule has 1 saturated heterocycles. The van der Waals surface area contributed by atoms with Crippen LogP contribution in [0.4, 0.5) is 0 Å². The lowest BCUT2D eigenvalue weighted by atomic mass is 9.84. The van der Waals surface area contributed by atoms with E-state index in [-0.39, 0.29) is 42.0 Å². The van der Waals surface area contributed by atoms with Crippen molar-refractivity contribution in [2.45, 2.75) is 63.5 Å². The van der Waals surface area contributed by atoms with Gasteiger partial charge in [0.05, 0.1) is 16.9 Å². The standard InChI is InChI=1S/C21H30N2O5S/c1-21(2,16-8-4-3-5-9-16)20(25)22-28-14-19(24)23(17-10-6-7-11-17)18-12-13-29(26,27)15-18/h3-5,8-9,17-18H,6-7,10-15H2,1-2H3,(H,22,25). The van der Waals surface area contributed by atoms with E-state index in [0.717, 1.165) is 31.2 Å². The van der Waals surface area contributed by atoms with E-state index >= 15 is 0 Å². The summed E-state index contributed by atoms with van der Waals surface area (Å²) in [5, 5.41) is 0. The highest BCUT2D eigenvalue weighted by atomic mass is 32.2.